The molecule has 33 heavy (non-hydrogen) atoms. The SMILES string of the molecule is COCC(O)CN(CCC(C)C)Cc1nc2scc(-c3ccc(OC)c(OC)c3)c2c(=O)[nH]1. The molecule has 2 aromatic heterocycles. The topological polar surface area (TPSA) is 96.9 Å². The van der Waals surface area contributed by atoms with Crippen LogP contribution >= 0.6 is 11.3 Å². The summed E-state index contributed by atoms with van der Waals surface area (Å²) in [6.07, 6.45) is 0.380. The zero-order chi connectivity index (χ0) is 24.0. The van der Waals surface area contributed by atoms with E-state index in [0.717, 1.165) is 24.1 Å². The molecule has 0 fully saturated rings. The molecule has 0 bridgehead atoms. The normalized spacial score (nSPS) is 12.6. The van der Waals surface area contributed by atoms with E-state index in [2.05, 4.69) is 23.7 Å². The van der Waals surface area contributed by atoms with Crippen molar-refractivity contribution in [3.8, 4) is 22.6 Å². The first-order valence-corrected chi connectivity index (χ1v) is 11.9. The van der Waals surface area contributed by atoms with Crippen molar-refractivity contribution >= 4 is 21.6 Å². The van der Waals surface area contributed by atoms with Crippen molar-refractivity contribution in [2.45, 2.75) is 32.9 Å². The van der Waals surface area contributed by atoms with Crippen LogP contribution in [-0.4, -0.2) is 67.1 Å². The maximum Gasteiger partial charge on any atom is 0.260 e. The number of nitrogens with zero attached hydrogens (tertiary/aromatic N) is 2. The third-order valence-corrected chi connectivity index (χ3v) is 6.28. The summed E-state index contributed by atoms with van der Waals surface area (Å²) in [6, 6.07) is 5.59. The molecule has 0 aliphatic heterocycles. The Balaban J connectivity index is 1.90. The highest BCUT2D eigenvalue weighted by Crippen LogP contribution is 2.36. The van der Waals surface area contributed by atoms with Crippen LogP contribution in [0.4, 0.5) is 0 Å². The number of nitrogens with one attached hydrogen (secondary N) is 1. The predicted molar refractivity (Wildman–Crippen MR) is 131 cm³/mol. The number of hydrogen-bond donors (Lipinski definition) is 2. The van der Waals surface area contributed by atoms with Crippen molar-refractivity contribution < 1.29 is 19.3 Å². The van der Waals surface area contributed by atoms with Crippen molar-refractivity contribution in [2.75, 3.05) is 41.0 Å². The predicted octanol–water partition coefficient (Wildman–Crippen LogP) is 3.52. The van der Waals surface area contributed by atoms with Gasteiger partial charge < -0.3 is 24.3 Å². The van der Waals surface area contributed by atoms with Crippen molar-refractivity contribution in [1.29, 1.82) is 0 Å². The van der Waals surface area contributed by atoms with Crippen molar-refractivity contribution in [2.24, 2.45) is 5.92 Å². The van der Waals surface area contributed by atoms with E-state index in [-0.39, 0.29) is 12.2 Å². The second kappa shape index (κ2) is 11.6. The zero-order valence-electron chi connectivity index (χ0n) is 19.9. The molecule has 0 saturated carbocycles. The molecule has 1 aromatic carbocycles. The van der Waals surface area contributed by atoms with Crippen LogP contribution < -0.4 is 15.0 Å². The number of aromatic nitrogens is 2. The molecule has 9 heteroatoms. The summed E-state index contributed by atoms with van der Waals surface area (Å²) >= 11 is 1.44. The summed E-state index contributed by atoms with van der Waals surface area (Å²) in [5.74, 6) is 2.35. The van der Waals surface area contributed by atoms with Gasteiger partial charge in [0.15, 0.2) is 11.5 Å². The first-order valence-electron chi connectivity index (χ1n) is 11.0. The second-order valence-corrected chi connectivity index (χ2v) is 9.30. The molecule has 0 aliphatic rings. The number of methoxy groups -OCH3 is 3. The third-order valence-electron chi connectivity index (χ3n) is 5.41. The first kappa shape index (κ1) is 25.2. The van der Waals surface area contributed by atoms with E-state index in [1.54, 1.807) is 21.3 Å². The lowest BCUT2D eigenvalue weighted by molar-refractivity contribution is 0.0342. The summed E-state index contributed by atoms with van der Waals surface area (Å²) in [4.78, 5) is 23.5. The van der Waals surface area contributed by atoms with Gasteiger partial charge in [0.25, 0.3) is 5.56 Å². The van der Waals surface area contributed by atoms with Gasteiger partial charge in [0.05, 0.1) is 38.9 Å². The minimum Gasteiger partial charge on any atom is -0.493 e. The number of aromatic amines is 1. The molecule has 0 aliphatic carbocycles. The Kier molecular flexibility index (Phi) is 8.85. The maximum atomic E-state index is 13.1. The van der Waals surface area contributed by atoms with Crippen LogP contribution in [0.5, 0.6) is 11.5 Å². The Labute approximate surface area is 198 Å². The number of H-pyrrole nitrogens is 1. The summed E-state index contributed by atoms with van der Waals surface area (Å²) < 4.78 is 15.8. The lowest BCUT2D eigenvalue weighted by Gasteiger charge is -2.25. The van der Waals surface area contributed by atoms with Crippen molar-refractivity contribution in [3.63, 3.8) is 0 Å². The highest BCUT2D eigenvalue weighted by Gasteiger charge is 2.18. The van der Waals surface area contributed by atoms with E-state index in [0.29, 0.717) is 46.5 Å². The monoisotopic (exact) mass is 475 g/mol. The minimum atomic E-state index is -0.601. The molecule has 0 amide bonds. The van der Waals surface area contributed by atoms with Crippen LogP contribution in [0.1, 0.15) is 26.1 Å². The fourth-order valence-electron chi connectivity index (χ4n) is 3.72. The van der Waals surface area contributed by atoms with Gasteiger partial charge in [-0.15, -0.1) is 11.3 Å². The molecule has 0 spiro atoms. The summed E-state index contributed by atoms with van der Waals surface area (Å²) in [6.45, 7) is 6.28. The lowest BCUT2D eigenvalue weighted by atomic mass is 10.1. The van der Waals surface area contributed by atoms with Gasteiger partial charge in [0, 0.05) is 24.6 Å². The number of thiophene rings is 1. The van der Waals surface area contributed by atoms with Crippen LogP contribution in [0.3, 0.4) is 0 Å². The van der Waals surface area contributed by atoms with Gasteiger partial charge in [0.2, 0.25) is 0 Å². The number of hydrogen-bond acceptors (Lipinski definition) is 8. The van der Waals surface area contributed by atoms with Gasteiger partial charge in [0.1, 0.15) is 10.7 Å². The van der Waals surface area contributed by atoms with E-state index in [1.165, 1.54) is 11.3 Å². The van der Waals surface area contributed by atoms with Gasteiger partial charge in [-0.2, -0.15) is 0 Å². The Morgan fingerprint density at radius 3 is 2.61 bits per heavy atom. The zero-order valence-corrected chi connectivity index (χ0v) is 20.7. The average molecular weight is 476 g/mol. The Bertz CT molecular complexity index is 1110. The molecule has 3 rings (SSSR count). The van der Waals surface area contributed by atoms with E-state index in [1.807, 2.05) is 23.6 Å². The fraction of sp³-hybridized carbons (Fsp3) is 0.500. The number of ether oxygens (including phenoxy) is 3. The molecule has 1 atom stereocenters. The van der Waals surface area contributed by atoms with Gasteiger partial charge in [-0.3, -0.25) is 9.69 Å². The standard InChI is InChI=1S/C24H33N3O5S/c1-15(2)8-9-27(11-17(28)13-30-3)12-21-25-23(29)22-18(14-33-24(22)26-21)16-6-7-19(31-4)20(10-16)32-5/h6-7,10,14-15,17,28H,8-9,11-13H2,1-5H3,(H,25,26,29). The van der Waals surface area contributed by atoms with Crippen LogP contribution in [0.25, 0.3) is 21.3 Å². The highest BCUT2D eigenvalue weighted by atomic mass is 32.1. The van der Waals surface area contributed by atoms with E-state index in [4.69, 9.17) is 19.2 Å². The van der Waals surface area contributed by atoms with Gasteiger partial charge in [-0.1, -0.05) is 19.9 Å². The number of benzene rings is 1. The smallest absolute Gasteiger partial charge is 0.260 e. The van der Waals surface area contributed by atoms with E-state index < -0.39 is 6.10 Å². The lowest BCUT2D eigenvalue weighted by Crippen LogP contribution is -2.36. The first-order chi connectivity index (χ1) is 15.9. The fourth-order valence-corrected chi connectivity index (χ4v) is 4.68. The Hall–Kier alpha value is -2.46. The summed E-state index contributed by atoms with van der Waals surface area (Å²) in [7, 11) is 4.75. The van der Waals surface area contributed by atoms with Crippen molar-refractivity contribution in [3.05, 3.63) is 39.8 Å². The number of aliphatic hydroxyl groups is 1. The van der Waals surface area contributed by atoms with Crippen LogP contribution in [0.2, 0.25) is 0 Å². The quantitative estimate of drug-likeness (QED) is 0.414. The largest absolute Gasteiger partial charge is 0.493 e. The summed E-state index contributed by atoms with van der Waals surface area (Å²) in [5.41, 5.74) is 1.49. The number of fused-ring (bicyclic) bond motifs is 1. The molecule has 0 saturated heterocycles. The third kappa shape index (κ3) is 6.32. The molecule has 1 unspecified atom stereocenters. The Morgan fingerprint density at radius 2 is 1.94 bits per heavy atom. The van der Waals surface area contributed by atoms with Gasteiger partial charge in [-0.25, -0.2) is 4.98 Å². The molecule has 8 nitrogen and oxygen atoms in total. The summed E-state index contributed by atoms with van der Waals surface area (Å²) in [5, 5.41) is 12.7. The number of rotatable bonds is 12. The highest BCUT2D eigenvalue weighted by molar-refractivity contribution is 7.17. The van der Waals surface area contributed by atoms with Crippen LogP contribution in [-0.2, 0) is 11.3 Å². The van der Waals surface area contributed by atoms with Crippen LogP contribution in [0.15, 0.2) is 28.4 Å². The van der Waals surface area contributed by atoms with E-state index in [9.17, 15) is 9.90 Å². The molecule has 3 aromatic rings. The second-order valence-electron chi connectivity index (χ2n) is 8.44. The Morgan fingerprint density at radius 1 is 1.18 bits per heavy atom. The molecule has 2 heterocycles. The molecule has 0 radical (unpaired) electrons. The average Bonchev–Trinajstić information content (AvgIpc) is 3.21. The molecular formula is C24H33N3O5S. The van der Waals surface area contributed by atoms with E-state index >= 15 is 0 Å². The molecular weight excluding hydrogens is 442 g/mol. The molecule has 180 valence electrons. The van der Waals surface area contributed by atoms with Crippen molar-refractivity contribution in [1.82, 2.24) is 14.9 Å². The number of aliphatic hydroxyl groups excluding tert-OH is 1. The van der Waals surface area contributed by atoms with Gasteiger partial charge in [-0.05, 0) is 36.6 Å². The van der Waals surface area contributed by atoms with Crippen LogP contribution in [0, 0.1) is 5.92 Å². The minimum absolute atomic E-state index is 0.178. The maximum absolute atomic E-state index is 13.1. The van der Waals surface area contributed by atoms with Gasteiger partial charge >= 0.3 is 0 Å². The molecule has 2 N–H and O–H groups in total.